The van der Waals surface area contributed by atoms with Crippen LogP contribution in [0.2, 0.25) is 0 Å². The van der Waals surface area contributed by atoms with E-state index in [-0.39, 0.29) is 0 Å². The minimum Gasteiger partial charge on any atom is -0.388 e. The van der Waals surface area contributed by atoms with Gasteiger partial charge in [0.05, 0.1) is 6.10 Å². The van der Waals surface area contributed by atoms with Gasteiger partial charge in [-0.05, 0) is 18.1 Å². The van der Waals surface area contributed by atoms with Crippen LogP contribution >= 0.6 is 0 Å². The van der Waals surface area contributed by atoms with E-state index in [1.807, 2.05) is 55.4 Å². The summed E-state index contributed by atoms with van der Waals surface area (Å²) in [5.74, 6) is 1.43. The Morgan fingerprint density at radius 1 is 1.25 bits per heavy atom. The van der Waals surface area contributed by atoms with Crippen LogP contribution in [0.1, 0.15) is 18.1 Å². The molecule has 1 atom stereocenters. The lowest BCUT2D eigenvalue weighted by atomic mass is 10.1. The van der Waals surface area contributed by atoms with Crippen molar-refractivity contribution in [2.45, 2.75) is 12.5 Å². The molecule has 2 aromatic rings. The second kappa shape index (κ2) is 6.86. The summed E-state index contributed by atoms with van der Waals surface area (Å²) in [5.41, 5.74) is 0.936. The van der Waals surface area contributed by atoms with Gasteiger partial charge in [0.2, 0.25) is 5.95 Å². The van der Waals surface area contributed by atoms with E-state index in [1.54, 1.807) is 6.20 Å². The van der Waals surface area contributed by atoms with Crippen molar-refractivity contribution in [2.75, 3.05) is 30.9 Å². The van der Waals surface area contributed by atoms with Crippen LogP contribution in [0.3, 0.4) is 0 Å². The minimum absolute atomic E-state index is 0.467. The number of aromatic nitrogens is 2. The molecule has 0 fully saturated rings. The van der Waals surface area contributed by atoms with Gasteiger partial charge in [0.1, 0.15) is 5.82 Å². The third-order valence-corrected chi connectivity index (χ3v) is 3.16. The molecular weight excluding hydrogens is 252 g/mol. The second-order valence-corrected chi connectivity index (χ2v) is 4.63. The first-order valence-electron chi connectivity index (χ1n) is 6.65. The fourth-order valence-corrected chi connectivity index (χ4v) is 1.93. The third kappa shape index (κ3) is 3.68. The lowest BCUT2D eigenvalue weighted by molar-refractivity contribution is 0.169. The Kier molecular flexibility index (Phi) is 4.90. The molecule has 1 heterocycles. The van der Waals surface area contributed by atoms with E-state index in [0.717, 1.165) is 11.4 Å². The maximum absolute atomic E-state index is 10.1. The molecule has 0 saturated carbocycles. The van der Waals surface area contributed by atoms with Crippen molar-refractivity contribution in [2.24, 2.45) is 0 Å². The summed E-state index contributed by atoms with van der Waals surface area (Å²) in [6.45, 7) is 0.684. The van der Waals surface area contributed by atoms with E-state index < -0.39 is 6.10 Å². The number of aliphatic hydroxyl groups is 1. The Balaban J connectivity index is 1.93. The molecule has 20 heavy (non-hydrogen) atoms. The van der Waals surface area contributed by atoms with Gasteiger partial charge >= 0.3 is 0 Å². The van der Waals surface area contributed by atoms with Crippen LogP contribution in [-0.2, 0) is 0 Å². The van der Waals surface area contributed by atoms with E-state index in [0.29, 0.717) is 18.9 Å². The Labute approximate surface area is 119 Å². The summed E-state index contributed by atoms with van der Waals surface area (Å²) in [6, 6.07) is 11.5. The minimum atomic E-state index is -0.467. The van der Waals surface area contributed by atoms with Gasteiger partial charge in [0.25, 0.3) is 0 Å². The molecule has 2 rings (SSSR count). The Hall–Kier alpha value is -2.14. The molecule has 0 bridgehead atoms. The molecule has 0 aliphatic heterocycles. The summed E-state index contributed by atoms with van der Waals surface area (Å²) in [4.78, 5) is 10.5. The first-order chi connectivity index (χ1) is 9.70. The molecular formula is C15H20N4O. The smallest absolute Gasteiger partial charge is 0.226 e. The average molecular weight is 272 g/mol. The molecule has 0 spiro atoms. The second-order valence-electron chi connectivity index (χ2n) is 4.63. The third-order valence-electron chi connectivity index (χ3n) is 3.16. The van der Waals surface area contributed by atoms with Crippen molar-refractivity contribution in [3.8, 4) is 0 Å². The molecule has 0 aliphatic rings. The number of nitrogens with one attached hydrogen (secondary N) is 1. The number of benzene rings is 1. The molecule has 0 aliphatic carbocycles. The zero-order valence-corrected chi connectivity index (χ0v) is 11.8. The van der Waals surface area contributed by atoms with E-state index in [2.05, 4.69) is 15.3 Å². The van der Waals surface area contributed by atoms with Gasteiger partial charge in [0.15, 0.2) is 0 Å². The molecule has 2 N–H and O–H groups in total. The lowest BCUT2D eigenvalue weighted by Gasteiger charge is -2.19. The molecule has 0 saturated heterocycles. The number of hydrogen-bond acceptors (Lipinski definition) is 5. The van der Waals surface area contributed by atoms with Crippen molar-refractivity contribution in [3.05, 3.63) is 48.2 Å². The number of hydrogen-bond donors (Lipinski definition) is 2. The first kappa shape index (κ1) is 14.3. The van der Waals surface area contributed by atoms with Gasteiger partial charge in [-0.15, -0.1) is 0 Å². The molecule has 1 unspecified atom stereocenters. The molecule has 0 radical (unpaired) electrons. The van der Waals surface area contributed by atoms with Crippen molar-refractivity contribution < 1.29 is 5.11 Å². The van der Waals surface area contributed by atoms with Crippen LogP contribution < -0.4 is 10.2 Å². The first-order valence-corrected chi connectivity index (χ1v) is 6.65. The summed E-state index contributed by atoms with van der Waals surface area (Å²) in [6.07, 6.45) is 1.89. The summed E-state index contributed by atoms with van der Waals surface area (Å²) in [5, 5.41) is 13.1. The maximum atomic E-state index is 10.1. The van der Waals surface area contributed by atoms with Crippen LogP contribution in [0.15, 0.2) is 42.6 Å². The Morgan fingerprint density at radius 3 is 2.70 bits per heavy atom. The number of nitrogens with zero attached hydrogens (tertiary/aromatic N) is 3. The SMILES string of the molecule is CNc1ccnc(N(C)CCC(O)c2ccccc2)n1. The predicted octanol–water partition coefficient (Wildman–Crippen LogP) is 2.08. The summed E-state index contributed by atoms with van der Waals surface area (Å²) < 4.78 is 0. The molecule has 5 nitrogen and oxygen atoms in total. The number of aliphatic hydroxyl groups excluding tert-OH is 1. The highest BCUT2D eigenvalue weighted by molar-refractivity contribution is 5.40. The molecule has 106 valence electrons. The highest BCUT2D eigenvalue weighted by atomic mass is 16.3. The predicted molar refractivity (Wildman–Crippen MR) is 80.9 cm³/mol. The summed E-state index contributed by atoms with van der Waals surface area (Å²) in [7, 11) is 3.75. The number of rotatable bonds is 6. The van der Waals surface area contributed by atoms with Crippen LogP contribution in [0.25, 0.3) is 0 Å². The topological polar surface area (TPSA) is 61.3 Å². The zero-order valence-electron chi connectivity index (χ0n) is 11.8. The van der Waals surface area contributed by atoms with Crippen LogP contribution in [0.5, 0.6) is 0 Å². The largest absolute Gasteiger partial charge is 0.388 e. The molecule has 1 aromatic heterocycles. The van der Waals surface area contributed by atoms with Crippen molar-refractivity contribution in [3.63, 3.8) is 0 Å². The zero-order chi connectivity index (χ0) is 14.4. The van der Waals surface area contributed by atoms with E-state index in [1.165, 1.54) is 0 Å². The van der Waals surface area contributed by atoms with Gasteiger partial charge < -0.3 is 15.3 Å². The van der Waals surface area contributed by atoms with Crippen LogP contribution in [0, 0.1) is 0 Å². The highest BCUT2D eigenvalue weighted by Crippen LogP contribution is 2.17. The van der Waals surface area contributed by atoms with E-state index in [9.17, 15) is 5.11 Å². The van der Waals surface area contributed by atoms with Gasteiger partial charge in [0, 0.05) is 26.8 Å². The molecule has 5 heteroatoms. The average Bonchev–Trinajstić information content (AvgIpc) is 2.53. The highest BCUT2D eigenvalue weighted by Gasteiger charge is 2.10. The van der Waals surface area contributed by atoms with Crippen LogP contribution in [0.4, 0.5) is 11.8 Å². The molecule has 1 aromatic carbocycles. The lowest BCUT2D eigenvalue weighted by Crippen LogP contribution is -2.22. The number of anilines is 2. The Morgan fingerprint density at radius 2 is 2.00 bits per heavy atom. The fourth-order valence-electron chi connectivity index (χ4n) is 1.93. The van der Waals surface area contributed by atoms with Gasteiger partial charge in [-0.25, -0.2) is 4.98 Å². The monoisotopic (exact) mass is 272 g/mol. The van der Waals surface area contributed by atoms with Crippen molar-refractivity contribution in [1.29, 1.82) is 0 Å². The van der Waals surface area contributed by atoms with Gasteiger partial charge in [-0.2, -0.15) is 4.98 Å². The van der Waals surface area contributed by atoms with Crippen molar-refractivity contribution in [1.82, 2.24) is 9.97 Å². The Bertz CT molecular complexity index is 532. The standard InChI is InChI=1S/C15H20N4O/c1-16-14-8-10-17-15(18-14)19(2)11-9-13(20)12-6-4-3-5-7-12/h3-8,10,13,20H,9,11H2,1-2H3,(H,16,17,18). The summed E-state index contributed by atoms with van der Waals surface area (Å²) >= 11 is 0. The van der Waals surface area contributed by atoms with Crippen molar-refractivity contribution >= 4 is 11.8 Å². The quantitative estimate of drug-likeness (QED) is 0.843. The van der Waals surface area contributed by atoms with Gasteiger partial charge in [-0.3, -0.25) is 0 Å². The van der Waals surface area contributed by atoms with Gasteiger partial charge in [-0.1, -0.05) is 30.3 Å². The molecule has 0 amide bonds. The van der Waals surface area contributed by atoms with E-state index >= 15 is 0 Å². The van der Waals surface area contributed by atoms with E-state index in [4.69, 9.17) is 0 Å². The van der Waals surface area contributed by atoms with Crippen LogP contribution in [-0.4, -0.2) is 35.7 Å². The normalized spacial score (nSPS) is 11.9. The maximum Gasteiger partial charge on any atom is 0.226 e. The fraction of sp³-hybridized carbons (Fsp3) is 0.333.